The molecule has 1 unspecified atom stereocenters. The molecule has 3 rings (SSSR count). The van der Waals surface area contributed by atoms with Crippen molar-refractivity contribution in [3.63, 3.8) is 0 Å². The maximum atomic E-state index is 13.7. The lowest BCUT2D eigenvalue weighted by Crippen LogP contribution is -2.44. The summed E-state index contributed by atoms with van der Waals surface area (Å²) in [6.45, 7) is 7.00. The number of hydrogen-bond donors (Lipinski definition) is 1. The van der Waals surface area contributed by atoms with Crippen molar-refractivity contribution in [1.82, 2.24) is 10.2 Å². The predicted molar refractivity (Wildman–Crippen MR) is 153 cm³/mol. The van der Waals surface area contributed by atoms with Gasteiger partial charge in [-0.1, -0.05) is 34.1 Å². The highest BCUT2D eigenvalue weighted by Crippen LogP contribution is 2.26. The standard InChI is InChI=1S/C29H36BrN3O5S/c1-29(2,3)38-28(35)32-13-10-21-11-14-33(15-12-21)27(34)24(17-22-6-4-7-23(16-22)19-31)20-39(36,37)26-9-5-8-25(30)18-26/h4-9,16,18,21,24H,10-15,17,20H2,1-3H3,(H,32,35). The van der Waals surface area contributed by atoms with Gasteiger partial charge in [-0.25, -0.2) is 13.2 Å². The van der Waals surface area contributed by atoms with Crippen molar-refractivity contribution in [1.29, 1.82) is 5.26 Å². The molecule has 1 aliphatic rings. The lowest BCUT2D eigenvalue weighted by Gasteiger charge is -2.34. The van der Waals surface area contributed by atoms with E-state index in [1.165, 1.54) is 6.07 Å². The first kappa shape index (κ1) is 30.6. The van der Waals surface area contributed by atoms with Crippen LogP contribution in [0.1, 0.15) is 51.2 Å². The minimum Gasteiger partial charge on any atom is -0.444 e. The number of amides is 2. The number of ether oxygens (including phenoxy) is 1. The zero-order chi connectivity index (χ0) is 28.6. The van der Waals surface area contributed by atoms with Crippen molar-refractivity contribution < 1.29 is 22.7 Å². The molecule has 2 amide bonds. The SMILES string of the molecule is CC(C)(C)OC(=O)NCCC1CCN(C(=O)C(Cc2cccc(C#N)c2)CS(=O)(=O)c2cccc(Br)c2)CC1. The van der Waals surface area contributed by atoms with Crippen molar-refractivity contribution in [2.45, 2.75) is 57.0 Å². The van der Waals surface area contributed by atoms with Gasteiger partial charge >= 0.3 is 6.09 Å². The third-order valence-electron chi connectivity index (χ3n) is 6.61. The maximum Gasteiger partial charge on any atom is 0.407 e. The highest BCUT2D eigenvalue weighted by atomic mass is 79.9. The number of sulfone groups is 1. The molecule has 1 N–H and O–H groups in total. The van der Waals surface area contributed by atoms with Gasteiger partial charge in [0.1, 0.15) is 5.60 Å². The van der Waals surface area contributed by atoms with Crippen LogP contribution in [-0.4, -0.2) is 56.3 Å². The normalized spacial score (nSPS) is 15.3. The molecule has 2 aromatic carbocycles. The van der Waals surface area contributed by atoms with Gasteiger partial charge in [-0.2, -0.15) is 5.26 Å². The molecule has 0 radical (unpaired) electrons. The zero-order valence-electron chi connectivity index (χ0n) is 22.7. The Morgan fingerprint density at radius 2 is 1.85 bits per heavy atom. The molecule has 0 saturated carbocycles. The third-order valence-corrected chi connectivity index (χ3v) is 8.92. The molecular formula is C29H36BrN3O5S. The number of nitriles is 1. The summed E-state index contributed by atoms with van der Waals surface area (Å²) in [7, 11) is -3.74. The molecule has 0 bridgehead atoms. The van der Waals surface area contributed by atoms with Crippen LogP contribution in [0.15, 0.2) is 57.9 Å². The van der Waals surface area contributed by atoms with Crippen LogP contribution in [0, 0.1) is 23.2 Å². The summed E-state index contributed by atoms with van der Waals surface area (Å²) in [4.78, 5) is 27.5. The number of alkyl carbamates (subject to hydrolysis) is 1. The van der Waals surface area contributed by atoms with E-state index < -0.39 is 27.4 Å². The Kier molecular flexibility index (Phi) is 10.6. The quantitative estimate of drug-likeness (QED) is 0.418. The summed E-state index contributed by atoms with van der Waals surface area (Å²) in [6, 6.07) is 15.5. The van der Waals surface area contributed by atoms with Gasteiger partial charge in [0.25, 0.3) is 0 Å². The Morgan fingerprint density at radius 3 is 2.49 bits per heavy atom. The Morgan fingerprint density at radius 1 is 1.15 bits per heavy atom. The first-order valence-corrected chi connectivity index (χ1v) is 15.5. The van der Waals surface area contributed by atoms with Crippen LogP contribution >= 0.6 is 15.9 Å². The Balaban J connectivity index is 1.66. The van der Waals surface area contributed by atoms with Gasteiger partial charge in [-0.15, -0.1) is 0 Å². The number of hydrogen-bond acceptors (Lipinski definition) is 6. The van der Waals surface area contributed by atoms with Crippen molar-refractivity contribution in [2.75, 3.05) is 25.4 Å². The third kappa shape index (κ3) is 9.66. The second-order valence-electron chi connectivity index (χ2n) is 10.9. The van der Waals surface area contributed by atoms with Crippen LogP contribution in [0.5, 0.6) is 0 Å². The first-order chi connectivity index (χ1) is 18.4. The van der Waals surface area contributed by atoms with Crippen molar-refractivity contribution in [3.05, 3.63) is 64.1 Å². The van der Waals surface area contributed by atoms with Gasteiger partial charge in [0.2, 0.25) is 5.91 Å². The molecule has 1 atom stereocenters. The van der Waals surface area contributed by atoms with Crippen molar-refractivity contribution in [2.24, 2.45) is 11.8 Å². The molecule has 1 heterocycles. The average Bonchev–Trinajstić information content (AvgIpc) is 2.87. The van der Waals surface area contributed by atoms with Crippen LogP contribution in [-0.2, 0) is 25.8 Å². The van der Waals surface area contributed by atoms with Gasteiger partial charge in [0, 0.05) is 24.1 Å². The summed E-state index contributed by atoms with van der Waals surface area (Å²) in [5, 5.41) is 12.1. The van der Waals surface area contributed by atoms with E-state index in [2.05, 4.69) is 27.3 Å². The maximum absolute atomic E-state index is 13.7. The number of nitrogens with one attached hydrogen (secondary N) is 1. The molecule has 8 nitrogen and oxygen atoms in total. The number of benzene rings is 2. The smallest absolute Gasteiger partial charge is 0.407 e. The summed E-state index contributed by atoms with van der Waals surface area (Å²) in [5.74, 6) is -0.951. The fourth-order valence-corrected chi connectivity index (χ4v) is 6.81. The zero-order valence-corrected chi connectivity index (χ0v) is 25.1. The average molecular weight is 619 g/mol. The van der Waals surface area contributed by atoms with Crippen molar-refractivity contribution in [3.8, 4) is 6.07 Å². The van der Waals surface area contributed by atoms with Gasteiger partial charge in [0.05, 0.1) is 28.2 Å². The van der Waals surface area contributed by atoms with Gasteiger partial charge < -0.3 is 15.0 Å². The second kappa shape index (κ2) is 13.4. The van der Waals surface area contributed by atoms with E-state index in [0.29, 0.717) is 35.6 Å². The molecule has 0 aliphatic carbocycles. The number of rotatable bonds is 9. The Hall–Kier alpha value is -2.90. The molecule has 210 valence electrons. The lowest BCUT2D eigenvalue weighted by molar-refractivity contribution is -0.136. The molecule has 2 aromatic rings. The number of carbonyl (C=O) groups is 2. The summed E-state index contributed by atoms with van der Waals surface area (Å²) in [5.41, 5.74) is 0.668. The fourth-order valence-electron chi connectivity index (χ4n) is 4.68. The minimum absolute atomic E-state index is 0.164. The minimum atomic E-state index is -3.74. The molecule has 1 fully saturated rings. The molecule has 39 heavy (non-hydrogen) atoms. The number of likely N-dealkylation sites (tertiary alicyclic amines) is 1. The molecule has 0 spiro atoms. The van der Waals surface area contributed by atoms with Gasteiger partial charge in [-0.3, -0.25) is 4.79 Å². The Bertz CT molecular complexity index is 1310. The molecule has 1 aliphatic heterocycles. The van der Waals surface area contributed by atoms with Gasteiger partial charge in [0.15, 0.2) is 9.84 Å². The molecule has 10 heteroatoms. The Labute approximate surface area is 239 Å². The monoisotopic (exact) mass is 617 g/mol. The number of piperidine rings is 1. The summed E-state index contributed by atoms with van der Waals surface area (Å²) < 4.78 is 32.6. The van der Waals surface area contributed by atoms with E-state index in [1.807, 2.05) is 26.8 Å². The highest BCUT2D eigenvalue weighted by molar-refractivity contribution is 9.10. The number of halogens is 1. The fraction of sp³-hybridized carbons (Fsp3) is 0.483. The molecule has 0 aromatic heterocycles. The van der Waals surface area contributed by atoms with E-state index in [-0.39, 0.29) is 23.0 Å². The van der Waals surface area contributed by atoms with E-state index >= 15 is 0 Å². The van der Waals surface area contributed by atoms with Crippen LogP contribution < -0.4 is 5.32 Å². The number of carbonyl (C=O) groups excluding carboxylic acids is 2. The highest BCUT2D eigenvalue weighted by Gasteiger charge is 2.32. The second-order valence-corrected chi connectivity index (χ2v) is 13.9. The van der Waals surface area contributed by atoms with Gasteiger partial charge in [-0.05, 0) is 88.3 Å². The number of nitrogens with zero attached hydrogens (tertiary/aromatic N) is 2. The van der Waals surface area contributed by atoms with Crippen LogP contribution in [0.25, 0.3) is 0 Å². The molecule has 1 saturated heterocycles. The lowest BCUT2D eigenvalue weighted by atomic mass is 9.92. The first-order valence-electron chi connectivity index (χ1n) is 13.1. The summed E-state index contributed by atoms with van der Waals surface area (Å²) in [6.07, 6.45) is 2.11. The van der Waals surface area contributed by atoms with E-state index in [0.717, 1.165) is 24.8 Å². The largest absolute Gasteiger partial charge is 0.444 e. The topological polar surface area (TPSA) is 117 Å². The van der Waals surface area contributed by atoms with Crippen molar-refractivity contribution >= 4 is 37.8 Å². The van der Waals surface area contributed by atoms with E-state index in [4.69, 9.17) is 4.74 Å². The van der Waals surface area contributed by atoms with Crippen LogP contribution in [0.3, 0.4) is 0 Å². The van der Waals surface area contributed by atoms with E-state index in [1.54, 1.807) is 41.3 Å². The van der Waals surface area contributed by atoms with Crippen LogP contribution in [0.4, 0.5) is 4.79 Å². The van der Waals surface area contributed by atoms with E-state index in [9.17, 15) is 23.3 Å². The van der Waals surface area contributed by atoms with Crippen LogP contribution in [0.2, 0.25) is 0 Å². The molecular weight excluding hydrogens is 582 g/mol. The summed E-state index contributed by atoms with van der Waals surface area (Å²) >= 11 is 3.33. The predicted octanol–water partition coefficient (Wildman–Crippen LogP) is 5.11.